The number of thiazole rings is 1. The standard InChI is InChI=1S/C13H15N5S/c1-2-9(14)11-7-18(17-16-11)8-13-15-10-5-3-4-6-12(10)19-13/h3-7,9H,2,8,14H2,1H3. The van der Waals surface area contributed by atoms with Crippen LogP contribution >= 0.6 is 11.3 Å². The quantitative estimate of drug-likeness (QED) is 0.792. The summed E-state index contributed by atoms with van der Waals surface area (Å²) in [6, 6.07) is 8.09. The van der Waals surface area contributed by atoms with Crippen molar-refractivity contribution in [2.45, 2.75) is 25.9 Å². The number of hydrogen-bond donors (Lipinski definition) is 1. The van der Waals surface area contributed by atoms with Crippen molar-refractivity contribution in [3.8, 4) is 0 Å². The van der Waals surface area contributed by atoms with Gasteiger partial charge >= 0.3 is 0 Å². The van der Waals surface area contributed by atoms with Gasteiger partial charge in [-0.25, -0.2) is 9.67 Å². The Morgan fingerprint density at radius 3 is 3.00 bits per heavy atom. The van der Waals surface area contributed by atoms with Crippen molar-refractivity contribution in [3.05, 3.63) is 41.2 Å². The number of hydrogen-bond acceptors (Lipinski definition) is 5. The third-order valence-electron chi connectivity index (χ3n) is 3.01. The van der Waals surface area contributed by atoms with E-state index in [9.17, 15) is 0 Å². The van der Waals surface area contributed by atoms with Crippen molar-refractivity contribution in [2.75, 3.05) is 0 Å². The van der Waals surface area contributed by atoms with Gasteiger partial charge in [0.25, 0.3) is 0 Å². The average Bonchev–Trinajstić information content (AvgIpc) is 3.04. The molecule has 1 unspecified atom stereocenters. The lowest BCUT2D eigenvalue weighted by Crippen LogP contribution is -2.08. The Labute approximate surface area is 115 Å². The summed E-state index contributed by atoms with van der Waals surface area (Å²) in [4.78, 5) is 4.58. The van der Waals surface area contributed by atoms with Gasteiger partial charge < -0.3 is 5.73 Å². The second kappa shape index (κ2) is 5.07. The minimum absolute atomic E-state index is 0.0379. The predicted octanol–water partition coefficient (Wildman–Crippen LogP) is 2.35. The first kappa shape index (κ1) is 12.3. The third kappa shape index (κ3) is 2.50. The zero-order valence-electron chi connectivity index (χ0n) is 10.7. The molecule has 1 atom stereocenters. The summed E-state index contributed by atoms with van der Waals surface area (Å²) in [7, 11) is 0. The molecular formula is C13H15N5S. The van der Waals surface area contributed by atoms with Crippen molar-refractivity contribution in [2.24, 2.45) is 5.73 Å². The zero-order chi connectivity index (χ0) is 13.2. The molecule has 0 fully saturated rings. The van der Waals surface area contributed by atoms with E-state index < -0.39 is 0 Å². The van der Waals surface area contributed by atoms with Crippen LogP contribution in [0.3, 0.4) is 0 Å². The molecule has 5 nitrogen and oxygen atoms in total. The maximum Gasteiger partial charge on any atom is 0.115 e. The van der Waals surface area contributed by atoms with E-state index in [1.54, 1.807) is 16.0 Å². The third-order valence-corrected chi connectivity index (χ3v) is 4.03. The Morgan fingerprint density at radius 2 is 2.21 bits per heavy atom. The minimum atomic E-state index is -0.0379. The lowest BCUT2D eigenvalue weighted by atomic mass is 10.2. The lowest BCUT2D eigenvalue weighted by Gasteiger charge is -2.01. The van der Waals surface area contributed by atoms with E-state index in [1.165, 1.54) is 4.70 Å². The number of benzene rings is 1. The van der Waals surface area contributed by atoms with E-state index in [0.29, 0.717) is 6.54 Å². The van der Waals surface area contributed by atoms with Gasteiger partial charge in [0.05, 0.1) is 34.7 Å². The molecule has 1 aromatic carbocycles. The zero-order valence-corrected chi connectivity index (χ0v) is 11.5. The topological polar surface area (TPSA) is 69.6 Å². The van der Waals surface area contributed by atoms with Crippen molar-refractivity contribution in [1.29, 1.82) is 0 Å². The summed E-state index contributed by atoms with van der Waals surface area (Å²) in [5, 5.41) is 9.24. The molecule has 0 aliphatic carbocycles. The highest BCUT2D eigenvalue weighted by atomic mass is 32.1. The molecule has 0 spiro atoms. The molecule has 19 heavy (non-hydrogen) atoms. The summed E-state index contributed by atoms with van der Waals surface area (Å²) in [6.07, 6.45) is 2.76. The molecule has 2 aromatic heterocycles. The summed E-state index contributed by atoms with van der Waals surface area (Å²) >= 11 is 1.68. The van der Waals surface area contributed by atoms with Crippen LogP contribution in [0.1, 0.15) is 30.1 Å². The van der Waals surface area contributed by atoms with Crippen LogP contribution in [0.5, 0.6) is 0 Å². The first-order valence-electron chi connectivity index (χ1n) is 6.26. The number of fused-ring (bicyclic) bond motifs is 1. The summed E-state index contributed by atoms with van der Waals surface area (Å²) in [5.74, 6) is 0. The molecule has 2 N–H and O–H groups in total. The molecule has 0 amide bonds. The molecule has 98 valence electrons. The van der Waals surface area contributed by atoms with Gasteiger partial charge in [0, 0.05) is 0 Å². The van der Waals surface area contributed by atoms with Gasteiger partial charge in [-0.05, 0) is 18.6 Å². The number of nitrogens with zero attached hydrogens (tertiary/aromatic N) is 4. The average molecular weight is 273 g/mol. The highest BCUT2D eigenvalue weighted by Gasteiger charge is 2.10. The van der Waals surface area contributed by atoms with Crippen LogP contribution < -0.4 is 5.73 Å². The molecule has 0 bridgehead atoms. The van der Waals surface area contributed by atoms with Crippen LogP contribution in [0.15, 0.2) is 30.5 Å². The molecule has 3 aromatic rings. The van der Waals surface area contributed by atoms with Gasteiger partial charge in [0.15, 0.2) is 0 Å². The van der Waals surface area contributed by atoms with E-state index in [-0.39, 0.29) is 6.04 Å². The molecule has 0 aliphatic rings. The predicted molar refractivity (Wildman–Crippen MR) is 76.0 cm³/mol. The van der Waals surface area contributed by atoms with Crippen molar-refractivity contribution in [1.82, 2.24) is 20.0 Å². The minimum Gasteiger partial charge on any atom is -0.323 e. The summed E-state index contributed by atoms with van der Waals surface area (Å²) in [5.41, 5.74) is 7.81. The molecule has 0 aliphatic heterocycles. The number of rotatable bonds is 4. The van der Waals surface area contributed by atoms with Crippen molar-refractivity contribution in [3.63, 3.8) is 0 Å². The van der Waals surface area contributed by atoms with E-state index in [4.69, 9.17) is 5.73 Å². The maximum absolute atomic E-state index is 5.93. The van der Waals surface area contributed by atoms with E-state index in [0.717, 1.165) is 22.6 Å². The summed E-state index contributed by atoms with van der Waals surface area (Å²) in [6.45, 7) is 2.68. The Bertz CT molecular complexity index is 654. The van der Waals surface area contributed by atoms with Crippen molar-refractivity contribution >= 4 is 21.6 Å². The van der Waals surface area contributed by atoms with Crippen LogP contribution in [0.2, 0.25) is 0 Å². The Hall–Kier alpha value is -1.79. The smallest absolute Gasteiger partial charge is 0.115 e. The van der Waals surface area contributed by atoms with Crippen LogP contribution in [-0.2, 0) is 6.54 Å². The van der Waals surface area contributed by atoms with Crippen LogP contribution in [0.25, 0.3) is 10.2 Å². The van der Waals surface area contributed by atoms with Gasteiger partial charge in [-0.1, -0.05) is 24.3 Å². The van der Waals surface area contributed by atoms with E-state index >= 15 is 0 Å². The number of nitrogens with two attached hydrogens (primary N) is 1. The number of para-hydroxylation sites is 1. The number of aromatic nitrogens is 4. The largest absolute Gasteiger partial charge is 0.323 e. The SMILES string of the molecule is CCC(N)c1cn(Cc2nc3ccccc3s2)nn1. The van der Waals surface area contributed by atoms with Crippen LogP contribution in [0.4, 0.5) is 0 Å². The van der Waals surface area contributed by atoms with Gasteiger partial charge in [0.2, 0.25) is 0 Å². The highest BCUT2D eigenvalue weighted by molar-refractivity contribution is 7.18. The van der Waals surface area contributed by atoms with Gasteiger partial charge in [0.1, 0.15) is 5.01 Å². The second-order valence-electron chi connectivity index (χ2n) is 4.43. The van der Waals surface area contributed by atoms with E-state index in [2.05, 4.69) is 21.4 Å². The first-order valence-corrected chi connectivity index (χ1v) is 7.08. The molecule has 0 saturated carbocycles. The van der Waals surface area contributed by atoms with Crippen LogP contribution in [-0.4, -0.2) is 20.0 Å². The summed E-state index contributed by atoms with van der Waals surface area (Å²) < 4.78 is 2.99. The Morgan fingerprint density at radius 1 is 1.37 bits per heavy atom. The highest BCUT2D eigenvalue weighted by Crippen LogP contribution is 2.22. The maximum atomic E-state index is 5.93. The fourth-order valence-electron chi connectivity index (χ4n) is 1.90. The fourth-order valence-corrected chi connectivity index (χ4v) is 2.86. The van der Waals surface area contributed by atoms with E-state index in [1.807, 2.05) is 31.3 Å². The molecule has 0 radical (unpaired) electrons. The molecular weight excluding hydrogens is 258 g/mol. The monoisotopic (exact) mass is 273 g/mol. The lowest BCUT2D eigenvalue weighted by molar-refractivity contribution is 0.643. The van der Waals surface area contributed by atoms with Gasteiger partial charge in [-0.15, -0.1) is 16.4 Å². The fraction of sp³-hybridized carbons (Fsp3) is 0.308. The first-order chi connectivity index (χ1) is 9.26. The normalized spacial score (nSPS) is 12.9. The van der Waals surface area contributed by atoms with Gasteiger partial charge in [-0.2, -0.15) is 0 Å². The second-order valence-corrected chi connectivity index (χ2v) is 5.55. The Balaban J connectivity index is 1.82. The Kier molecular flexibility index (Phi) is 3.27. The molecule has 3 rings (SSSR count). The van der Waals surface area contributed by atoms with Crippen molar-refractivity contribution < 1.29 is 0 Å². The molecule has 0 saturated heterocycles. The van der Waals surface area contributed by atoms with Crippen LogP contribution in [0, 0.1) is 0 Å². The molecule has 2 heterocycles. The molecule has 6 heteroatoms. The van der Waals surface area contributed by atoms with Gasteiger partial charge in [-0.3, -0.25) is 0 Å².